The summed E-state index contributed by atoms with van der Waals surface area (Å²) in [4.78, 5) is 30.5. The fourth-order valence-electron chi connectivity index (χ4n) is 2.15. The van der Waals surface area contributed by atoms with E-state index in [1.54, 1.807) is 18.4 Å². The van der Waals surface area contributed by atoms with Crippen molar-refractivity contribution < 1.29 is 19.1 Å². The van der Waals surface area contributed by atoms with Gasteiger partial charge in [-0.3, -0.25) is 4.79 Å². The molecule has 2 rings (SSSR count). The molecule has 2 heterocycles. The van der Waals surface area contributed by atoms with Crippen LogP contribution in [0.1, 0.15) is 69.2 Å². The Morgan fingerprint density at radius 2 is 2.00 bits per heavy atom. The zero-order valence-corrected chi connectivity index (χ0v) is 14.6. The number of hydrogen-bond donors (Lipinski definition) is 1. The maximum Gasteiger partial charge on any atom is 0.338 e. The van der Waals surface area contributed by atoms with Crippen LogP contribution in [0.15, 0.2) is 16.7 Å². The normalized spacial score (nSPS) is 12.4. The van der Waals surface area contributed by atoms with Gasteiger partial charge in [0, 0.05) is 23.9 Å². The van der Waals surface area contributed by atoms with Crippen LogP contribution >= 0.6 is 11.3 Å². The molecule has 0 aliphatic rings. The molecule has 0 bridgehead atoms. The average molecular weight is 336 g/mol. The van der Waals surface area contributed by atoms with Gasteiger partial charge in [0.1, 0.15) is 6.26 Å². The van der Waals surface area contributed by atoms with Crippen molar-refractivity contribution >= 4 is 23.2 Å². The number of carboxylic acids is 1. The van der Waals surface area contributed by atoms with Gasteiger partial charge in [-0.25, -0.2) is 9.78 Å². The number of carboxylic acid groups (broad SMARTS) is 1. The number of rotatable bonds is 5. The van der Waals surface area contributed by atoms with Crippen LogP contribution in [-0.2, 0) is 0 Å². The highest BCUT2D eigenvalue weighted by Gasteiger charge is 2.26. The van der Waals surface area contributed by atoms with E-state index in [1.165, 1.54) is 11.0 Å². The summed E-state index contributed by atoms with van der Waals surface area (Å²) in [7, 11) is 1.67. The lowest BCUT2D eigenvalue weighted by atomic mass is 10.2. The van der Waals surface area contributed by atoms with E-state index in [0.29, 0.717) is 5.92 Å². The zero-order valence-electron chi connectivity index (χ0n) is 13.8. The smallest absolute Gasteiger partial charge is 0.338 e. The molecular formula is C16H20N2O4S. The first-order chi connectivity index (χ1) is 10.7. The monoisotopic (exact) mass is 336 g/mol. The Morgan fingerprint density at radius 3 is 2.48 bits per heavy atom. The van der Waals surface area contributed by atoms with Crippen molar-refractivity contribution in [3.63, 3.8) is 0 Å². The number of carbonyl (C=O) groups excluding carboxylic acids is 1. The summed E-state index contributed by atoms with van der Waals surface area (Å²) in [5.41, 5.74) is 0.877. The predicted octanol–water partition coefficient (Wildman–Crippen LogP) is 3.70. The first kappa shape index (κ1) is 17.2. The minimum atomic E-state index is -1.12. The standard InChI is InChI=1S/C16H20N2O4S/c1-8(2)14-17-9(3)13(23-14)10(4)18(5)15(19)12-6-11(7-22-12)16(20)21/h6-8,10H,1-5H3,(H,20,21). The maximum absolute atomic E-state index is 12.5. The molecule has 23 heavy (non-hydrogen) atoms. The van der Waals surface area contributed by atoms with Crippen molar-refractivity contribution in [2.24, 2.45) is 0 Å². The lowest BCUT2D eigenvalue weighted by Gasteiger charge is -2.23. The van der Waals surface area contributed by atoms with Crippen molar-refractivity contribution in [1.29, 1.82) is 0 Å². The molecule has 0 saturated carbocycles. The highest BCUT2D eigenvalue weighted by Crippen LogP contribution is 2.32. The first-order valence-electron chi connectivity index (χ1n) is 7.28. The molecule has 0 radical (unpaired) electrons. The average Bonchev–Trinajstić information content (AvgIpc) is 3.11. The summed E-state index contributed by atoms with van der Waals surface area (Å²) < 4.78 is 5.08. The van der Waals surface area contributed by atoms with Crippen LogP contribution in [0, 0.1) is 6.92 Å². The summed E-state index contributed by atoms with van der Waals surface area (Å²) in [5, 5.41) is 9.94. The van der Waals surface area contributed by atoms with Crippen LogP contribution in [0.3, 0.4) is 0 Å². The Bertz CT molecular complexity index is 732. The Labute approximate surface area is 138 Å². The van der Waals surface area contributed by atoms with E-state index in [1.807, 2.05) is 13.8 Å². The highest BCUT2D eigenvalue weighted by molar-refractivity contribution is 7.11. The van der Waals surface area contributed by atoms with Gasteiger partial charge in [0.15, 0.2) is 5.76 Å². The molecule has 124 valence electrons. The molecule has 1 atom stereocenters. The number of aryl methyl sites for hydroxylation is 1. The van der Waals surface area contributed by atoms with Gasteiger partial charge in [0.25, 0.3) is 5.91 Å². The van der Waals surface area contributed by atoms with E-state index < -0.39 is 5.97 Å². The van der Waals surface area contributed by atoms with E-state index >= 15 is 0 Å². The summed E-state index contributed by atoms with van der Waals surface area (Å²) in [6.45, 7) is 8.02. The van der Waals surface area contributed by atoms with E-state index in [4.69, 9.17) is 9.52 Å². The molecule has 6 nitrogen and oxygen atoms in total. The van der Waals surface area contributed by atoms with Gasteiger partial charge < -0.3 is 14.4 Å². The fourth-order valence-corrected chi connectivity index (χ4v) is 3.32. The van der Waals surface area contributed by atoms with Crippen molar-refractivity contribution in [3.05, 3.63) is 39.2 Å². The third-order valence-electron chi connectivity index (χ3n) is 3.68. The van der Waals surface area contributed by atoms with Crippen LogP contribution < -0.4 is 0 Å². The largest absolute Gasteiger partial charge is 0.478 e. The van der Waals surface area contributed by atoms with Gasteiger partial charge in [0.2, 0.25) is 0 Å². The molecule has 0 aromatic carbocycles. The third kappa shape index (κ3) is 3.44. The van der Waals surface area contributed by atoms with E-state index in [-0.39, 0.29) is 23.3 Å². The van der Waals surface area contributed by atoms with Crippen LogP contribution in [0.5, 0.6) is 0 Å². The van der Waals surface area contributed by atoms with Gasteiger partial charge in [0.05, 0.1) is 22.3 Å². The number of aromatic nitrogens is 1. The number of aromatic carboxylic acids is 1. The minimum Gasteiger partial charge on any atom is -0.478 e. The van der Waals surface area contributed by atoms with Crippen LogP contribution in [-0.4, -0.2) is 33.9 Å². The molecule has 0 saturated heterocycles. The van der Waals surface area contributed by atoms with Gasteiger partial charge >= 0.3 is 5.97 Å². The molecule has 7 heteroatoms. The van der Waals surface area contributed by atoms with Crippen molar-refractivity contribution in [2.45, 2.75) is 39.7 Å². The number of furan rings is 1. The maximum atomic E-state index is 12.5. The molecular weight excluding hydrogens is 316 g/mol. The van der Waals surface area contributed by atoms with Gasteiger partial charge in [-0.1, -0.05) is 13.8 Å². The number of thiazole rings is 1. The molecule has 1 N–H and O–H groups in total. The molecule has 0 aliphatic carbocycles. The highest BCUT2D eigenvalue weighted by atomic mass is 32.1. The molecule has 0 fully saturated rings. The Balaban J connectivity index is 2.22. The molecule has 1 unspecified atom stereocenters. The molecule has 0 spiro atoms. The Hall–Kier alpha value is -2.15. The van der Waals surface area contributed by atoms with Crippen molar-refractivity contribution in [3.8, 4) is 0 Å². The van der Waals surface area contributed by atoms with Crippen molar-refractivity contribution in [2.75, 3.05) is 7.05 Å². The van der Waals surface area contributed by atoms with Gasteiger partial charge in [-0.05, 0) is 13.8 Å². The van der Waals surface area contributed by atoms with Crippen LogP contribution in [0.25, 0.3) is 0 Å². The van der Waals surface area contributed by atoms with Gasteiger partial charge in [-0.15, -0.1) is 11.3 Å². The minimum absolute atomic E-state index is 0.0167. The number of hydrogen-bond acceptors (Lipinski definition) is 5. The Kier molecular flexibility index (Phi) is 4.89. The molecule has 1 amide bonds. The fraction of sp³-hybridized carbons (Fsp3) is 0.438. The summed E-state index contributed by atoms with van der Waals surface area (Å²) in [6.07, 6.45) is 1.07. The number of carbonyl (C=O) groups is 2. The molecule has 0 aliphatic heterocycles. The second kappa shape index (κ2) is 6.54. The second-order valence-corrected chi connectivity index (χ2v) is 6.82. The van der Waals surface area contributed by atoms with Crippen LogP contribution in [0.4, 0.5) is 0 Å². The summed E-state index contributed by atoms with van der Waals surface area (Å²) >= 11 is 1.60. The predicted molar refractivity (Wildman–Crippen MR) is 87.1 cm³/mol. The topological polar surface area (TPSA) is 83.6 Å². The third-order valence-corrected chi connectivity index (χ3v) is 5.31. The number of amides is 1. The number of nitrogens with zero attached hydrogens (tertiary/aromatic N) is 2. The quantitative estimate of drug-likeness (QED) is 0.900. The van der Waals surface area contributed by atoms with Crippen molar-refractivity contribution in [1.82, 2.24) is 9.88 Å². The molecule has 2 aromatic rings. The van der Waals surface area contributed by atoms with E-state index in [2.05, 4.69) is 18.8 Å². The van der Waals surface area contributed by atoms with E-state index in [9.17, 15) is 9.59 Å². The molecule has 2 aromatic heterocycles. The summed E-state index contributed by atoms with van der Waals surface area (Å²) in [5.74, 6) is -1.13. The van der Waals surface area contributed by atoms with E-state index in [0.717, 1.165) is 21.8 Å². The Morgan fingerprint density at radius 1 is 1.35 bits per heavy atom. The van der Waals surface area contributed by atoms with Crippen LogP contribution in [0.2, 0.25) is 0 Å². The zero-order chi connectivity index (χ0) is 17.3. The van der Waals surface area contributed by atoms with Gasteiger partial charge in [-0.2, -0.15) is 0 Å². The first-order valence-corrected chi connectivity index (χ1v) is 8.10. The lowest BCUT2D eigenvalue weighted by Crippen LogP contribution is -2.29. The SMILES string of the molecule is Cc1nc(C(C)C)sc1C(C)N(C)C(=O)c1cc(C(=O)O)co1. The second-order valence-electron chi connectivity index (χ2n) is 5.75. The lowest BCUT2D eigenvalue weighted by molar-refractivity contribution is 0.0692. The summed E-state index contributed by atoms with van der Waals surface area (Å²) in [6, 6.07) is 1.07.